The molecule has 3 heterocycles. The fourth-order valence-electron chi connectivity index (χ4n) is 4.26. The van der Waals surface area contributed by atoms with Gasteiger partial charge >= 0.3 is 0 Å². The average molecular weight is 411 g/mol. The summed E-state index contributed by atoms with van der Waals surface area (Å²) in [6.45, 7) is 4.06. The first-order valence-corrected chi connectivity index (χ1v) is 10.3. The number of hydrogen-bond donors (Lipinski definition) is 0. The largest absolute Gasteiger partial charge is 0.454 e. The minimum Gasteiger partial charge on any atom is -0.454 e. The quantitative estimate of drug-likeness (QED) is 0.607. The zero-order valence-electron chi connectivity index (χ0n) is 16.4. The molecular formula is C23H23ClN2O3. The number of likely N-dealkylation sites (tertiary alicyclic amines) is 1. The highest BCUT2D eigenvalue weighted by Gasteiger charge is 2.24. The molecule has 2 aromatic carbocycles. The zero-order valence-corrected chi connectivity index (χ0v) is 17.1. The lowest BCUT2D eigenvalue weighted by Gasteiger charge is -2.19. The minimum atomic E-state index is 0.261. The lowest BCUT2D eigenvalue weighted by Crippen LogP contribution is -2.22. The van der Waals surface area contributed by atoms with Gasteiger partial charge in [0.1, 0.15) is 0 Å². The third-order valence-electron chi connectivity index (χ3n) is 5.67. The number of fused-ring (bicyclic) bond motifs is 2. The number of nitrogens with zero attached hydrogens (tertiary/aromatic N) is 2. The molecule has 1 aromatic heterocycles. The first-order valence-electron chi connectivity index (χ1n) is 9.90. The second kappa shape index (κ2) is 7.82. The summed E-state index contributed by atoms with van der Waals surface area (Å²) in [6.07, 6.45) is 1.17. The molecule has 0 radical (unpaired) electrons. The van der Waals surface area contributed by atoms with Crippen LogP contribution in [-0.4, -0.2) is 43.5 Å². The van der Waals surface area contributed by atoms with E-state index in [1.165, 1.54) is 12.0 Å². The molecule has 1 atom stereocenters. The van der Waals surface area contributed by atoms with Crippen LogP contribution in [0.15, 0.2) is 42.5 Å². The van der Waals surface area contributed by atoms with E-state index in [1.54, 1.807) is 7.11 Å². The van der Waals surface area contributed by atoms with E-state index >= 15 is 0 Å². The van der Waals surface area contributed by atoms with Gasteiger partial charge in [-0.15, -0.1) is 0 Å². The Morgan fingerprint density at radius 2 is 1.93 bits per heavy atom. The maximum Gasteiger partial charge on any atom is 0.231 e. The SMILES string of the molecule is COC[C@H]1CCN(Cc2cc3cc4c(cc3nc2-c2ccc(Cl)cc2)OCO4)C1. The standard InChI is InChI=1S/C23H23ClN2O3/c1-27-13-15-6-7-26(11-15)12-18-8-17-9-21-22(29-14-28-21)10-20(17)25-23(18)16-2-4-19(24)5-3-16/h2-5,8-10,15H,6-7,11-14H2,1H3/t15-/m0/s1. The molecule has 5 rings (SSSR count). The number of ether oxygens (including phenoxy) is 3. The van der Waals surface area contributed by atoms with Gasteiger partial charge in [0.2, 0.25) is 6.79 Å². The molecule has 0 amide bonds. The molecule has 2 aliphatic rings. The van der Waals surface area contributed by atoms with Crippen molar-refractivity contribution in [3.63, 3.8) is 0 Å². The normalized spacial score (nSPS) is 18.6. The van der Waals surface area contributed by atoms with E-state index in [2.05, 4.69) is 11.0 Å². The van der Waals surface area contributed by atoms with E-state index in [4.69, 9.17) is 30.8 Å². The molecular weight excluding hydrogens is 388 g/mol. The Morgan fingerprint density at radius 3 is 2.72 bits per heavy atom. The third-order valence-corrected chi connectivity index (χ3v) is 5.92. The lowest BCUT2D eigenvalue weighted by atomic mass is 10.0. The van der Waals surface area contributed by atoms with E-state index in [0.29, 0.717) is 5.92 Å². The van der Waals surface area contributed by atoms with Crippen LogP contribution >= 0.6 is 11.6 Å². The first-order chi connectivity index (χ1) is 14.2. The van der Waals surface area contributed by atoms with E-state index in [-0.39, 0.29) is 6.79 Å². The van der Waals surface area contributed by atoms with Gasteiger partial charge in [0, 0.05) is 42.2 Å². The van der Waals surface area contributed by atoms with Crippen LogP contribution in [0.25, 0.3) is 22.2 Å². The molecule has 1 fully saturated rings. The summed E-state index contributed by atoms with van der Waals surface area (Å²) >= 11 is 6.11. The Labute approximate surface area is 175 Å². The minimum absolute atomic E-state index is 0.261. The molecule has 6 heteroatoms. The molecule has 2 aliphatic heterocycles. The van der Waals surface area contributed by atoms with E-state index < -0.39 is 0 Å². The van der Waals surface area contributed by atoms with Crippen LogP contribution in [0.4, 0.5) is 0 Å². The maximum absolute atomic E-state index is 6.11. The number of halogens is 1. The van der Waals surface area contributed by atoms with Crippen LogP contribution in [0, 0.1) is 5.92 Å². The van der Waals surface area contributed by atoms with Gasteiger partial charge < -0.3 is 14.2 Å². The molecule has 0 unspecified atom stereocenters. The molecule has 29 heavy (non-hydrogen) atoms. The monoisotopic (exact) mass is 410 g/mol. The van der Waals surface area contributed by atoms with Crippen LogP contribution in [0.1, 0.15) is 12.0 Å². The molecule has 3 aromatic rings. The Balaban J connectivity index is 1.55. The summed E-state index contributed by atoms with van der Waals surface area (Å²) in [6, 6.07) is 14.1. The van der Waals surface area contributed by atoms with Crippen molar-refractivity contribution < 1.29 is 14.2 Å². The van der Waals surface area contributed by atoms with Crippen molar-refractivity contribution in [2.75, 3.05) is 33.6 Å². The number of rotatable bonds is 5. The zero-order chi connectivity index (χ0) is 19.8. The summed E-state index contributed by atoms with van der Waals surface area (Å²) in [5.74, 6) is 2.13. The van der Waals surface area contributed by atoms with Crippen molar-refractivity contribution in [1.29, 1.82) is 0 Å². The average Bonchev–Trinajstić information content (AvgIpc) is 3.36. The summed E-state index contributed by atoms with van der Waals surface area (Å²) in [5, 5.41) is 1.79. The predicted octanol–water partition coefficient (Wildman–Crippen LogP) is 4.75. The van der Waals surface area contributed by atoms with Crippen molar-refractivity contribution in [1.82, 2.24) is 9.88 Å². The second-order valence-corrected chi connectivity index (χ2v) is 8.18. The van der Waals surface area contributed by atoms with Crippen molar-refractivity contribution in [2.24, 2.45) is 5.92 Å². The summed E-state index contributed by atoms with van der Waals surface area (Å²) in [4.78, 5) is 7.51. The third kappa shape index (κ3) is 3.78. The number of methoxy groups -OCH3 is 1. The smallest absolute Gasteiger partial charge is 0.231 e. The molecule has 0 N–H and O–H groups in total. The van der Waals surface area contributed by atoms with Crippen molar-refractivity contribution in [2.45, 2.75) is 13.0 Å². The maximum atomic E-state index is 6.11. The van der Waals surface area contributed by atoms with Gasteiger partial charge in [-0.2, -0.15) is 0 Å². The number of aromatic nitrogens is 1. The molecule has 150 valence electrons. The molecule has 0 bridgehead atoms. The first kappa shape index (κ1) is 18.7. The van der Waals surface area contributed by atoms with Gasteiger partial charge in [0.25, 0.3) is 0 Å². The lowest BCUT2D eigenvalue weighted by molar-refractivity contribution is 0.152. The highest BCUT2D eigenvalue weighted by molar-refractivity contribution is 6.30. The second-order valence-electron chi connectivity index (χ2n) is 7.75. The highest BCUT2D eigenvalue weighted by Crippen LogP contribution is 2.37. The number of hydrogen-bond acceptors (Lipinski definition) is 5. The fourth-order valence-corrected chi connectivity index (χ4v) is 4.38. The van der Waals surface area contributed by atoms with Crippen LogP contribution in [0.2, 0.25) is 5.02 Å². The highest BCUT2D eigenvalue weighted by atomic mass is 35.5. The van der Waals surface area contributed by atoms with Crippen molar-refractivity contribution in [3.8, 4) is 22.8 Å². The molecule has 0 saturated carbocycles. The Bertz CT molecular complexity index is 1040. The van der Waals surface area contributed by atoms with Crippen LogP contribution in [-0.2, 0) is 11.3 Å². The molecule has 5 nitrogen and oxygen atoms in total. The summed E-state index contributed by atoms with van der Waals surface area (Å²) in [5.41, 5.74) is 4.17. The van der Waals surface area contributed by atoms with Crippen LogP contribution in [0.5, 0.6) is 11.5 Å². The molecule has 1 saturated heterocycles. The number of benzene rings is 2. The summed E-state index contributed by atoms with van der Waals surface area (Å²) in [7, 11) is 1.78. The van der Waals surface area contributed by atoms with Crippen LogP contribution < -0.4 is 9.47 Å². The van der Waals surface area contributed by atoms with E-state index in [0.717, 1.165) is 64.9 Å². The molecule has 0 spiro atoms. The van der Waals surface area contributed by atoms with Crippen molar-refractivity contribution >= 4 is 22.5 Å². The van der Waals surface area contributed by atoms with Gasteiger partial charge in [-0.05, 0) is 48.7 Å². The Morgan fingerprint density at radius 1 is 1.14 bits per heavy atom. The Hall–Kier alpha value is -2.34. The molecule has 0 aliphatic carbocycles. The fraction of sp³-hybridized carbons (Fsp3) is 0.348. The van der Waals surface area contributed by atoms with Crippen LogP contribution in [0.3, 0.4) is 0 Å². The van der Waals surface area contributed by atoms with E-state index in [1.807, 2.05) is 36.4 Å². The number of pyridine rings is 1. The van der Waals surface area contributed by atoms with Gasteiger partial charge in [0.05, 0.1) is 17.8 Å². The van der Waals surface area contributed by atoms with E-state index in [9.17, 15) is 0 Å². The van der Waals surface area contributed by atoms with Crippen molar-refractivity contribution in [3.05, 3.63) is 53.1 Å². The Kier molecular flexibility index (Phi) is 5.04. The van der Waals surface area contributed by atoms with Gasteiger partial charge in [-0.25, -0.2) is 4.98 Å². The van der Waals surface area contributed by atoms with Gasteiger partial charge in [-0.1, -0.05) is 23.7 Å². The predicted molar refractivity (Wildman–Crippen MR) is 114 cm³/mol. The topological polar surface area (TPSA) is 43.8 Å². The van der Waals surface area contributed by atoms with Gasteiger partial charge in [0.15, 0.2) is 11.5 Å². The summed E-state index contributed by atoms with van der Waals surface area (Å²) < 4.78 is 16.5. The van der Waals surface area contributed by atoms with Gasteiger partial charge in [-0.3, -0.25) is 4.90 Å².